The third-order valence-corrected chi connectivity index (χ3v) is 2.20. The Bertz CT molecular complexity index is 271. The molecule has 0 saturated carbocycles. The van der Waals surface area contributed by atoms with Crippen molar-refractivity contribution < 1.29 is 10.2 Å². The van der Waals surface area contributed by atoms with Gasteiger partial charge in [-0.25, -0.2) is 0 Å². The van der Waals surface area contributed by atoms with E-state index in [9.17, 15) is 10.2 Å². The molecule has 1 rings (SSSR count). The fourth-order valence-corrected chi connectivity index (χ4v) is 1.31. The SMILES string of the molecule is CNCC(O)C(O)c1ccc(C)cc1. The lowest BCUT2D eigenvalue weighted by molar-refractivity contribution is 0.0202. The Kier molecular flexibility index (Phi) is 4.07. The first-order valence-corrected chi connectivity index (χ1v) is 4.72. The van der Waals surface area contributed by atoms with Crippen molar-refractivity contribution in [3.8, 4) is 0 Å². The molecule has 0 spiro atoms. The van der Waals surface area contributed by atoms with E-state index in [0.717, 1.165) is 11.1 Å². The molecule has 1 aromatic carbocycles. The maximum Gasteiger partial charge on any atom is 0.106 e. The van der Waals surface area contributed by atoms with Crippen LogP contribution in [-0.4, -0.2) is 29.9 Å². The molecule has 0 radical (unpaired) electrons. The summed E-state index contributed by atoms with van der Waals surface area (Å²) in [6, 6.07) is 7.51. The van der Waals surface area contributed by atoms with E-state index in [1.54, 1.807) is 7.05 Å². The topological polar surface area (TPSA) is 52.5 Å². The standard InChI is InChI=1S/C11H17NO2/c1-8-3-5-9(6-4-8)11(14)10(13)7-12-2/h3-6,10-14H,7H2,1-2H3. The second kappa shape index (κ2) is 5.10. The third kappa shape index (κ3) is 2.80. The Labute approximate surface area is 84.4 Å². The maximum absolute atomic E-state index is 9.72. The summed E-state index contributed by atoms with van der Waals surface area (Å²) in [5, 5.41) is 22.1. The number of aliphatic hydroxyl groups is 2. The number of aryl methyl sites for hydroxylation is 1. The van der Waals surface area contributed by atoms with Gasteiger partial charge >= 0.3 is 0 Å². The summed E-state index contributed by atoms with van der Waals surface area (Å²) in [4.78, 5) is 0. The summed E-state index contributed by atoms with van der Waals surface area (Å²) < 4.78 is 0. The summed E-state index contributed by atoms with van der Waals surface area (Å²) in [6.45, 7) is 2.37. The van der Waals surface area contributed by atoms with Crippen LogP contribution in [0.1, 0.15) is 17.2 Å². The average molecular weight is 195 g/mol. The Morgan fingerprint density at radius 3 is 2.29 bits per heavy atom. The van der Waals surface area contributed by atoms with Crippen molar-refractivity contribution in [2.45, 2.75) is 19.1 Å². The van der Waals surface area contributed by atoms with Crippen LogP contribution in [0.5, 0.6) is 0 Å². The summed E-state index contributed by atoms with van der Waals surface area (Å²) in [5.74, 6) is 0. The number of likely N-dealkylation sites (N-methyl/N-ethyl adjacent to an activating group) is 1. The van der Waals surface area contributed by atoms with Gasteiger partial charge in [0.2, 0.25) is 0 Å². The molecule has 78 valence electrons. The normalized spacial score (nSPS) is 15.1. The van der Waals surface area contributed by atoms with Gasteiger partial charge in [-0.05, 0) is 19.5 Å². The molecule has 3 heteroatoms. The Balaban J connectivity index is 2.68. The van der Waals surface area contributed by atoms with E-state index in [1.165, 1.54) is 0 Å². The van der Waals surface area contributed by atoms with E-state index in [1.807, 2.05) is 31.2 Å². The predicted octanol–water partition coefficient (Wildman–Crippen LogP) is 0.609. The van der Waals surface area contributed by atoms with Crippen LogP contribution >= 0.6 is 0 Å². The second-order valence-corrected chi connectivity index (χ2v) is 3.48. The third-order valence-electron chi connectivity index (χ3n) is 2.20. The number of aliphatic hydroxyl groups excluding tert-OH is 2. The molecule has 0 aliphatic carbocycles. The summed E-state index contributed by atoms with van der Waals surface area (Å²) >= 11 is 0. The van der Waals surface area contributed by atoms with Crippen LogP contribution in [0.3, 0.4) is 0 Å². The average Bonchev–Trinajstić information content (AvgIpc) is 2.18. The van der Waals surface area contributed by atoms with Gasteiger partial charge in [0.05, 0.1) is 6.10 Å². The molecule has 2 unspecified atom stereocenters. The highest BCUT2D eigenvalue weighted by Gasteiger charge is 2.16. The molecule has 14 heavy (non-hydrogen) atoms. The fraction of sp³-hybridized carbons (Fsp3) is 0.455. The largest absolute Gasteiger partial charge is 0.389 e. The molecule has 0 aliphatic heterocycles. The quantitative estimate of drug-likeness (QED) is 0.659. The zero-order chi connectivity index (χ0) is 10.6. The van der Waals surface area contributed by atoms with Crippen molar-refractivity contribution in [3.05, 3.63) is 35.4 Å². The lowest BCUT2D eigenvalue weighted by Crippen LogP contribution is -2.29. The van der Waals surface area contributed by atoms with Crippen LogP contribution in [-0.2, 0) is 0 Å². The summed E-state index contributed by atoms with van der Waals surface area (Å²) in [7, 11) is 1.74. The maximum atomic E-state index is 9.72. The van der Waals surface area contributed by atoms with Gasteiger partial charge in [-0.3, -0.25) is 0 Å². The zero-order valence-electron chi connectivity index (χ0n) is 8.57. The monoisotopic (exact) mass is 195 g/mol. The van der Waals surface area contributed by atoms with Crippen molar-refractivity contribution in [3.63, 3.8) is 0 Å². The lowest BCUT2D eigenvalue weighted by Gasteiger charge is -2.17. The van der Waals surface area contributed by atoms with Crippen LogP contribution in [0, 0.1) is 6.92 Å². The van der Waals surface area contributed by atoms with Gasteiger partial charge in [0.1, 0.15) is 6.10 Å². The van der Waals surface area contributed by atoms with Gasteiger partial charge in [-0.1, -0.05) is 29.8 Å². The van der Waals surface area contributed by atoms with Gasteiger partial charge in [0.15, 0.2) is 0 Å². The van der Waals surface area contributed by atoms with Crippen LogP contribution in [0.25, 0.3) is 0 Å². The minimum atomic E-state index is -0.817. The van der Waals surface area contributed by atoms with Gasteiger partial charge in [0, 0.05) is 6.54 Å². The van der Waals surface area contributed by atoms with Crippen molar-refractivity contribution in [2.24, 2.45) is 0 Å². The molecule has 0 aliphatic rings. The Morgan fingerprint density at radius 2 is 1.79 bits per heavy atom. The molecule has 3 N–H and O–H groups in total. The van der Waals surface area contributed by atoms with E-state index in [-0.39, 0.29) is 0 Å². The first-order valence-electron chi connectivity index (χ1n) is 4.72. The minimum Gasteiger partial charge on any atom is -0.389 e. The van der Waals surface area contributed by atoms with Crippen molar-refractivity contribution in [2.75, 3.05) is 13.6 Å². The van der Waals surface area contributed by atoms with Gasteiger partial charge in [-0.15, -0.1) is 0 Å². The van der Waals surface area contributed by atoms with Crippen LogP contribution < -0.4 is 5.32 Å². The van der Waals surface area contributed by atoms with Crippen molar-refractivity contribution >= 4 is 0 Å². The van der Waals surface area contributed by atoms with E-state index in [0.29, 0.717) is 6.54 Å². The molecule has 0 heterocycles. The lowest BCUT2D eigenvalue weighted by atomic mass is 10.0. The molecular formula is C11H17NO2. The molecule has 0 saturated heterocycles. The van der Waals surface area contributed by atoms with E-state index in [2.05, 4.69) is 5.32 Å². The number of benzene rings is 1. The van der Waals surface area contributed by atoms with E-state index in [4.69, 9.17) is 0 Å². The number of nitrogens with one attached hydrogen (secondary N) is 1. The van der Waals surface area contributed by atoms with Crippen molar-refractivity contribution in [1.82, 2.24) is 5.32 Å². The Morgan fingerprint density at radius 1 is 1.21 bits per heavy atom. The number of hydrogen-bond acceptors (Lipinski definition) is 3. The van der Waals surface area contributed by atoms with Gasteiger partial charge < -0.3 is 15.5 Å². The van der Waals surface area contributed by atoms with Gasteiger partial charge in [0.25, 0.3) is 0 Å². The summed E-state index contributed by atoms with van der Waals surface area (Å²) in [6.07, 6.45) is -1.58. The minimum absolute atomic E-state index is 0.384. The van der Waals surface area contributed by atoms with Crippen LogP contribution in [0.4, 0.5) is 0 Å². The smallest absolute Gasteiger partial charge is 0.106 e. The predicted molar refractivity (Wildman–Crippen MR) is 56.1 cm³/mol. The molecule has 1 aromatic rings. The molecule has 2 atom stereocenters. The van der Waals surface area contributed by atoms with Gasteiger partial charge in [-0.2, -0.15) is 0 Å². The highest BCUT2D eigenvalue weighted by Crippen LogP contribution is 2.16. The molecular weight excluding hydrogens is 178 g/mol. The molecule has 0 bridgehead atoms. The Hall–Kier alpha value is -0.900. The molecule has 0 fully saturated rings. The highest BCUT2D eigenvalue weighted by molar-refractivity contribution is 5.23. The second-order valence-electron chi connectivity index (χ2n) is 3.48. The number of rotatable bonds is 4. The van der Waals surface area contributed by atoms with Crippen LogP contribution in [0.15, 0.2) is 24.3 Å². The van der Waals surface area contributed by atoms with Crippen LogP contribution in [0.2, 0.25) is 0 Å². The molecule has 3 nitrogen and oxygen atoms in total. The first-order chi connectivity index (χ1) is 6.65. The van der Waals surface area contributed by atoms with E-state index >= 15 is 0 Å². The van der Waals surface area contributed by atoms with E-state index < -0.39 is 12.2 Å². The number of hydrogen-bond donors (Lipinski definition) is 3. The van der Waals surface area contributed by atoms with Crippen molar-refractivity contribution in [1.29, 1.82) is 0 Å². The zero-order valence-corrected chi connectivity index (χ0v) is 8.57. The highest BCUT2D eigenvalue weighted by atomic mass is 16.3. The molecule has 0 aromatic heterocycles. The summed E-state index contributed by atoms with van der Waals surface area (Å²) in [5.41, 5.74) is 1.89. The molecule has 0 amide bonds. The first kappa shape index (κ1) is 11.2. The fourth-order valence-electron chi connectivity index (χ4n) is 1.31.